The summed E-state index contributed by atoms with van der Waals surface area (Å²) in [4.78, 5) is 0. The van der Waals surface area contributed by atoms with Gasteiger partial charge >= 0.3 is 0 Å². The number of hydrogen-bond donors (Lipinski definition) is 1. The molecule has 2 heteroatoms. The lowest BCUT2D eigenvalue weighted by Gasteiger charge is -2.58. The standard InChI is InChI=1S/C16H19FO/c17-14-3-1-11(2-4-14)15-12-5-10-6-13(15)9-16(18,7-10)8-12/h1-4,10,12-13,15,18H,5-9H2/t10?,12?,13?,15-,16+. The van der Waals surface area contributed by atoms with Crippen LogP contribution in [-0.4, -0.2) is 10.7 Å². The zero-order chi connectivity index (χ0) is 12.3. The largest absolute Gasteiger partial charge is 0.390 e. The van der Waals surface area contributed by atoms with Crippen LogP contribution in [0.3, 0.4) is 0 Å². The van der Waals surface area contributed by atoms with Crippen molar-refractivity contribution in [3.8, 4) is 0 Å². The van der Waals surface area contributed by atoms with E-state index in [2.05, 4.69) is 0 Å². The lowest BCUT2D eigenvalue weighted by Crippen LogP contribution is -2.53. The van der Waals surface area contributed by atoms with Crippen LogP contribution in [0, 0.1) is 23.6 Å². The molecular weight excluding hydrogens is 227 g/mol. The van der Waals surface area contributed by atoms with Gasteiger partial charge in [0.1, 0.15) is 5.82 Å². The Morgan fingerprint density at radius 2 is 1.61 bits per heavy atom. The van der Waals surface area contributed by atoms with E-state index >= 15 is 0 Å². The van der Waals surface area contributed by atoms with Crippen LogP contribution in [-0.2, 0) is 0 Å². The van der Waals surface area contributed by atoms with Crippen LogP contribution in [0.1, 0.15) is 43.6 Å². The summed E-state index contributed by atoms with van der Waals surface area (Å²) in [6, 6.07) is 7.06. The maximum Gasteiger partial charge on any atom is 0.123 e. The van der Waals surface area contributed by atoms with Crippen molar-refractivity contribution in [2.24, 2.45) is 17.8 Å². The van der Waals surface area contributed by atoms with Crippen molar-refractivity contribution >= 4 is 0 Å². The molecule has 4 bridgehead atoms. The highest BCUT2D eigenvalue weighted by Crippen LogP contribution is 2.61. The molecule has 2 atom stereocenters. The first-order valence-corrected chi connectivity index (χ1v) is 7.11. The van der Waals surface area contributed by atoms with Gasteiger partial charge in [-0.25, -0.2) is 4.39 Å². The molecule has 0 saturated heterocycles. The molecule has 4 aliphatic carbocycles. The SMILES string of the molecule is O[C@]12CC3CC(C1)[C@H](c1ccc(F)cc1)C(C3)C2. The quantitative estimate of drug-likeness (QED) is 0.804. The molecule has 2 unspecified atom stereocenters. The highest BCUT2D eigenvalue weighted by molar-refractivity contribution is 5.26. The molecule has 1 nitrogen and oxygen atoms in total. The number of hydrogen-bond acceptors (Lipinski definition) is 1. The first-order chi connectivity index (χ1) is 8.63. The number of aliphatic hydroxyl groups is 1. The van der Waals surface area contributed by atoms with Gasteiger partial charge in [0.05, 0.1) is 5.60 Å². The van der Waals surface area contributed by atoms with E-state index in [4.69, 9.17) is 0 Å². The van der Waals surface area contributed by atoms with E-state index in [1.165, 1.54) is 18.4 Å². The van der Waals surface area contributed by atoms with Crippen molar-refractivity contribution < 1.29 is 9.50 Å². The van der Waals surface area contributed by atoms with Crippen LogP contribution in [0.4, 0.5) is 4.39 Å². The normalized spacial score (nSPS) is 45.4. The van der Waals surface area contributed by atoms with Gasteiger partial charge in [-0.3, -0.25) is 0 Å². The molecule has 0 aromatic heterocycles. The summed E-state index contributed by atoms with van der Waals surface area (Å²) in [6.07, 6.45) is 5.47. The molecule has 0 heterocycles. The maximum absolute atomic E-state index is 13.0. The first-order valence-electron chi connectivity index (χ1n) is 7.11. The van der Waals surface area contributed by atoms with Crippen molar-refractivity contribution in [1.82, 2.24) is 0 Å². The lowest BCUT2D eigenvalue weighted by molar-refractivity contribution is -0.134. The van der Waals surface area contributed by atoms with E-state index in [1.807, 2.05) is 12.1 Å². The highest BCUT2D eigenvalue weighted by atomic mass is 19.1. The second-order valence-electron chi connectivity index (χ2n) is 6.77. The summed E-state index contributed by atoms with van der Waals surface area (Å²) in [5, 5.41) is 10.6. The molecule has 0 radical (unpaired) electrons. The predicted octanol–water partition coefficient (Wildman–Crippen LogP) is 3.48. The average molecular weight is 246 g/mol. The molecule has 4 saturated carbocycles. The van der Waals surface area contributed by atoms with Gasteiger partial charge in [-0.1, -0.05) is 12.1 Å². The Morgan fingerprint density at radius 1 is 1.00 bits per heavy atom. The Bertz CT molecular complexity index is 450. The monoisotopic (exact) mass is 246 g/mol. The van der Waals surface area contributed by atoms with Crippen molar-refractivity contribution in [2.45, 2.75) is 43.6 Å². The van der Waals surface area contributed by atoms with Crippen LogP contribution in [0.2, 0.25) is 0 Å². The highest BCUT2D eigenvalue weighted by Gasteiger charge is 2.54. The van der Waals surface area contributed by atoms with Gasteiger partial charge in [-0.05, 0) is 73.5 Å². The van der Waals surface area contributed by atoms with Crippen molar-refractivity contribution in [3.05, 3.63) is 35.6 Å². The van der Waals surface area contributed by atoms with Gasteiger partial charge in [0.25, 0.3) is 0 Å². The molecule has 96 valence electrons. The molecule has 1 aromatic carbocycles. The van der Waals surface area contributed by atoms with Crippen LogP contribution >= 0.6 is 0 Å². The fourth-order valence-corrected chi connectivity index (χ4v) is 5.21. The van der Waals surface area contributed by atoms with Crippen molar-refractivity contribution in [2.75, 3.05) is 0 Å². The molecule has 4 aliphatic rings. The third-order valence-corrected chi connectivity index (χ3v) is 5.50. The Balaban J connectivity index is 1.69. The van der Waals surface area contributed by atoms with Crippen LogP contribution in [0.25, 0.3) is 0 Å². The summed E-state index contributed by atoms with van der Waals surface area (Å²) in [5.41, 5.74) is 0.918. The Kier molecular flexibility index (Phi) is 2.18. The minimum atomic E-state index is -0.368. The molecule has 1 aromatic rings. The molecular formula is C16H19FO. The number of rotatable bonds is 1. The van der Waals surface area contributed by atoms with E-state index in [0.717, 1.165) is 25.2 Å². The minimum absolute atomic E-state index is 0.152. The lowest BCUT2D eigenvalue weighted by atomic mass is 9.49. The van der Waals surface area contributed by atoms with Gasteiger partial charge < -0.3 is 5.11 Å². The van der Waals surface area contributed by atoms with Gasteiger partial charge in [-0.15, -0.1) is 0 Å². The molecule has 5 rings (SSSR count). The van der Waals surface area contributed by atoms with E-state index in [0.29, 0.717) is 17.8 Å². The minimum Gasteiger partial charge on any atom is -0.390 e. The third kappa shape index (κ3) is 1.55. The van der Waals surface area contributed by atoms with E-state index < -0.39 is 0 Å². The maximum atomic E-state index is 13.0. The van der Waals surface area contributed by atoms with Gasteiger partial charge in [0.2, 0.25) is 0 Å². The van der Waals surface area contributed by atoms with E-state index in [-0.39, 0.29) is 11.4 Å². The summed E-state index contributed by atoms with van der Waals surface area (Å²) < 4.78 is 13.0. The first kappa shape index (κ1) is 11.0. The summed E-state index contributed by atoms with van der Waals surface area (Å²) in [6.45, 7) is 0. The zero-order valence-corrected chi connectivity index (χ0v) is 10.5. The van der Waals surface area contributed by atoms with Crippen LogP contribution in [0.15, 0.2) is 24.3 Å². The molecule has 1 N–H and O–H groups in total. The fourth-order valence-electron chi connectivity index (χ4n) is 5.21. The van der Waals surface area contributed by atoms with Crippen LogP contribution < -0.4 is 0 Å². The van der Waals surface area contributed by atoms with E-state index in [9.17, 15) is 9.50 Å². The van der Waals surface area contributed by atoms with E-state index in [1.54, 1.807) is 12.1 Å². The molecule has 0 aliphatic heterocycles. The number of halogens is 1. The third-order valence-electron chi connectivity index (χ3n) is 5.50. The van der Waals surface area contributed by atoms with Gasteiger partial charge in [0.15, 0.2) is 0 Å². The molecule has 0 amide bonds. The summed E-state index contributed by atoms with van der Waals surface area (Å²) in [7, 11) is 0. The van der Waals surface area contributed by atoms with Gasteiger partial charge in [0, 0.05) is 0 Å². The second-order valence-corrected chi connectivity index (χ2v) is 6.77. The van der Waals surface area contributed by atoms with Crippen LogP contribution in [0.5, 0.6) is 0 Å². The predicted molar refractivity (Wildman–Crippen MR) is 67.6 cm³/mol. The second kappa shape index (κ2) is 3.57. The Hall–Kier alpha value is -0.890. The zero-order valence-electron chi connectivity index (χ0n) is 10.5. The van der Waals surface area contributed by atoms with Gasteiger partial charge in [-0.2, -0.15) is 0 Å². The Labute approximate surface area is 107 Å². The molecule has 4 fully saturated rings. The summed E-state index contributed by atoms with van der Waals surface area (Å²) >= 11 is 0. The smallest absolute Gasteiger partial charge is 0.123 e. The van der Waals surface area contributed by atoms with Crippen molar-refractivity contribution in [1.29, 1.82) is 0 Å². The topological polar surface area (TPSA) is 20.2 Å². The fraction of sp³-hybridized carbons (Fsp3) is 0.625. The molecule has 0 spiro atoms. The average Bonchev–Trinajstić information content (AvgIpc) is 2.28. The molecule has 18 heavy (non-hydrogen) atoms. The summed E-state index contributed by atoms with van der Waals surface area (Å²) in [5.74, 6) is 2.38. The number of benzene rings is 1. The van der Waals surface area contributed by atoms with Crippen molar-refractivity contribution in [3.63, 3.8) is 0 Å². The Morgan fingerprint density at radius 3 is 2.17 bits per heavy atom.